The van der Waals surface area contributed by atoms with E-state index in [-0.39, 0.29) is 5.56 Å². The maximum Gasteiger partial charge on any atom is 0.263 e. The number of nitrogens with one attached hydrogen (secondary N) is 1. The Morgan fingerprint density at radius 3 is 2.42 bits per heavy atom. The van der Waals surface area contributed by atoms with Crippen LogP contribution in [0.15, 0.2) is 21.9 Å². The molecule has 2 rings (SSSR count). The summed E-state index contributed by atoms with van der Waals surface area (Å²) in [7, 11) is 0. The maximum absolute atomic E-state index is 11.8. The largest absolute Gasteiger partial charge is 0.363 e. The molecule has 0 fully saturated rings. The first-order chi connectivity index (χ1) is 11.5. The highest BCUT2D eigenvalue weighted by Crippen LogP contribution is 2.23. The van der Waals surface area contributed by atoms with Gasteiger partial charge in [0.25, 0.3) is 5.56 Å². The van der Waals surface area contributed by atoms with Gasteiger partial charge in [0, 0.05) is 18.5 Å². The van der Waals surface area contributed by atoms with Crippen molar-refractivity contribution in [2.24, 2.45) is 4.99 Å². The third-order valence-corrected chi connectivity index (χ3v) is 5.25. The van der Waals surface area contributed by atoms with E-state index in [9.17, 15) is 4.79 Å². The number of hydrogen-bond acceptors (Lipinski definition) is 3. The molecule has 0 aliphatic rings. The second-order valence-electron chi connectivity index (χ2n) is 5.67. The predicted molar refractivity (Wildman–Crippen MR) is 117 cm³/mol. The number of H-pyrrole nitrogens is 1. The van der Waals surface area contributed by atoms with E-state index in [1.54, 1.807) is 0 Å². The monoisotopic (exact) mass is 552 g/mol. The van der Waals surface area contributed by atoms with Gasteiger partial charge >= 0.3 is 0 Å². The van der Waals surface area contributed by atoms with E-state index in [1.807, 2.05) is 41.1 Å². The molecular formula is C17H22I2N4O. The number of hydrogen-bond donors (Lipinski definition) is 1. The summed E-state index contributed by atoms with van der Waals surface area (Å²) in [5.41, 5.74) is 0.473. The number of aromatic amines is 1. The first kappa shape index (κ1) is 19.6. The molecule has 7 heteroatoms. The molecule has 0 saturated carbocycles. The van der Waals surface area contributed by atoms with E-state index < -0.39 is 0 Å². The highest BCUT2D eigenvalue weighted by Gasteiger charge is 2.07. The number of halogens is 2. The molecule has 0 aliphatic heterocycles. The first-order valence-electron chi connectivity index (χ1n) is 8.22. The molecule has 0 aliphatic carbocycles. The fourth-order valence-electron chi connectivity index (χ4n) is 2.25. The minimum Gasteiger partial charge on any atom is -0.363 e. The topological polar surface area (TPSA) is 61.4 Å². The standard InChI is InChI=1S/C17H22I2N4O/c1-3-5-7-23(8-6-4-2)11-20-16-13(18)9-12-10-14(19)17(24)22-15(12)21-16/h9-11H,3-8H2,1-2H3,(H,21,22,24). The minimum atomic E-state index is -0.112. The van der Waals surface area contributed by atoms with Crippen molar-refractivity contribution in [3.05, 3.63) is 29.6 Å². The molecule has 0 saturated heterocycles. The lowest BCUT2D eigenvalue weighted by molar-refractivity contribution is 0.409. The quantitative estimate of drug-likeness (QED) is 0.294. The van der Waals surface area contributed by atoms with Gasteiger partial charge in [-0.25, -0.2) is 9.98 Å². The molecule has 0 radical (unpaired) electrons. The molecule has 130 valence electrons. The number of aromatic nitrogens is 2. The van der Waals surface area contributed by atoms with Crippen molar-refractivity contribution in [1.29, 1.82) is 0 Å². The molecule has 0 bridgehead atoms. The highest BCUT2D eigenvalue weighted by molar-refractivity contribution is 14.1. The summed E-state index contributed by atoms with van der Waals surface area (Å²) in [6.07, 6.45) is 6.55. The first-order valence-corrected chi connectivity index (χ1v) is 10.4. The Hall–Kier alpha value is -0.710. The van der Waals surface area contributed by atoms with Crippen LogP contribution >= 0.6 is 45.2 Å². The fraction of sp³-hybridized carbons (Fsp3) is 0.471. The molecule has 0 spiro atoms. The third kappa shape index (κ3) is 5.40. The average molecular weight is 552 g/mol. The van der Waals surface area contributed by atoms with Crippen molar-refractivity contribution >= 4 is 68.4 Å². The van der Waals surface area contributed by atoms with E-state index in [2.05, 4.69) is 56.3 Å². The molecular weight excluding hydrogens is 530 g/mol. The zero-order chi connectivity index (χ0) is 17.5. The molecule has 2 aromatic rings. The van der Waals surface area contributed by atoms with Crippen LogP contribution in [0.1, 0.15) is 39.5 Å². The Morgan fingerprint density at radius 1 is 1.17 bits per heavy atom. The Morgan fingerprint density at radius 2 is 1.79 bits per heavy atom. The zero-order valence-corrected chi connectivity index (χ0v) is 18.3. The van der Waals surface area contributed by atoms with Gasteiger partial charge in [0.15, 0.2) is 5.82 Å². The summed E-state index contributed by atoms with van der Waals surface area (Å²) < 4.78 is 1.64. The van der Waals surface area contributed by atoms with Gasteiger partial charge in [-0.3, -0.25) is 4.79 Å². The van der Waals surface area contributed by atoms with Crippen LogP contribution in [-0.2, 0) is 0 Å². The van der Waals surface area contributed by atoms with Crippen molar-refractivity contribution in [3.63, 3.8) is 0 Å². The lowest BCUT2D eigenvalue weighted by Crippen LogP contribution is -2.24. The van der Waals surface area contributed by atoms with Gasteiger partial charge in [-0.05, 0) is 70.2 Å². The van der Waals surface area contributed by atoms with Crippen LogP contribution in [0, 0.1) is 7.14 Å². The van der Waals surface area contributed by atoms with Gasteiger partial charge < -0.3 is 9.88 Å². The maximum atomic E-state index is 11.8. The van der Waals surface area contributed by atoms with Gasteiger partial charge in [-0.1, -0.05) is 26.7 Å². The van der Waals surface area contributed by atoms with Gasteiger partial charge in [0.05, 0.1) is 13.5 Å². The van der Waals surface area contributed by atoms with Crippen molar-refractivity contribution in [2.45, 2.75) is 39.5 Å². The van der Waals surface area contributed by atoms with Crippen molar-refractivity contribution < 1.29 is 0 Å². The Bertz CT molecular complexity index is 765. The summed E-state index contributed by atoms with van der Waals surface area (Å²) >= 11 is 4.28. The van der Waals surface area contributed by atoms with Crippen molar-refractivity contribution in [3.8, 4) is 0 Å². The summed E-state index contributed by atoms with van der Waals surface area (Å²) in [5, 5.41) is 0.927. The van der Waals surface area contributed by atoms with Crippen LogP contribution < -0.4 is 5.56 Å². The number of unbranched alkanes of at least 4 members (excludes halogenated alkanes) is 2. The second-order valence-corrected chi connectivity index (χ2v) is 7.99. The lowest BCUT2D eigenvalue weighted by Gasteiger charge is -2.18. The van der Waals surface area contributed by atoms with Crippen LogP contribution in [0.2, 0.25) is 0 Å². The third-order valence-electron chi connectivity index (χ3n) is 3.66. The number of rotatable bonds is 8. The van der Waals surface area contributed by atoms with Crippen LogP contribution in [0.25, 0.3) is 11.0 Å². The Kier molecular flexibility index (Phi) is 7.92. The number of nitrogens with zero attached hydrogens (tertiary/aromatic N) is 3. The average Bonchev–Trinajstić information content (AvgIpc) is 2.56. The van der Waals surface area contributed by atoms with E-state index >= 15 is 0 Å². The second kappa shape index (κ2) is 9.69. The molecule has 0 aromatic carbocycles. The lowest BCUT2D eigenvalue weighted by atomic mass is 10.3. The SMILES string of the molecule is CCCCN(C=Nc1nc2[nH]c(=O)c(I)cc2cc1I)CCCC. The van der Waals surface area contributed by atoms with E-state index in [4.69, 9.17) is 0 Å². The number of pyridine rings is 2. The van der Waals surface area contributed by atoms with Crippen LogP contribution in [0.5, 0.6) is 0 Å². The molecule has 0 atom stereocenters. The smallest absolute Gasteiger partial charge is 0.263 e. The Balaban J connectivity index is 2.27. The Labute approximate surface area is 169 Å². The van der Waals surface area contributed by atoms with E-state index in [0.29, 0.717) is 15.0 Å². The predicted octanol–water partition coefficient (Wildman–Crippen LogP) is 4.69. The van der Waals surface area contributed by atoms with Crippen LogP contribution in [0.4, 0.5) is 5.82 Å². The fourth-order valence-corrected chi connectivity index (χ4v) is 3.32. The molecule has 5 nitrogen and oxygen atoms in total. The molecule has 0 amide bonds. The van der Waals surface area contributed by atoms with Crippen molar-refractivity contribution in [1.82, 2.24) is 14.9 Å². The normalized spacial score (nSPS) is 11.5. The summed E-state index contributed by atoms with van der Waals surface area (Å²) in [4.78, 5) is 25.9. The van der Waals surface area contributed by atoms with Crippen LogP contribution in [0.3, 0.4) is 0 Å². The van der Waals surface area contributed by atoms with Gasteiger partial charge in [0.1, 0.15) is 5.65 Å². The number of aliphatic imine (C=N–C) groups is 1. The molecule has 1 N–H and O–H groups in total. The molecule has 0 unspecified atom stereocenters. The van der Waals surface area contributed by atoms with Crippen LogP contribution in [-0.4, -0.2) is 34.3 Å². The van der Waals surface area contributed by atoms with Gasteiger partial charge in [0.2, 0.25) is 0 Å². The molecule has 2 aromatic heterocycles. The van der Waals surface area contributed by atoms with Gasteiger partial charge in [-0.2, -0.15) is 0 Å². The minimum absolute atomic E-state index is 0.112. The summed E-state index contributed by atoms with van der Waals surface area (Å²) in [5.74, 6) is 0.651. The van der Waals surface area contributed by atoms with E-state index in [0.717, 1.165) is 34.9 Å². The molecule has 2 heterocycles. The van der Waals surface area contributed by atoms with Crippen molar-refractivity contribution in [2.75, 3.05) is 13.1 Å². The molecule has 24 heavy (non-hydrogen) atoms. The van der Waals surface area contributed by atoms with E-state index in [1.165, 1.54) is 12.8 Å². The zero-order valence-electron chi connectivity index (χ0n) is 14.0. The highest BCUT2D eigenvalue weighted by atomic mass is 127. The van der Waals surface area contributed by atoms with Gasteiger partial charge in [-0.15, -0.1) is 0 Å². The number of fused-ring (bicyclic) bond motifs is 1. The summed E-state index contributed by atoms with van der Waals surface area (Å²) in [6.45, 7) is 6.42. The summed E-state index contributed by atoms with van der Waals surface area (Å²) in [6, 6.07) is 3.86.